The quantitative estimate of drug-likeness (QED) is 0.418. The number of aliphatic hydroxyl groups is 1. The average molecular weight is 411 g/mol. The summed E-state index contributed by atoms with van der Waals surface area (Å²) in [5.74, 6) is -1.64. The topological polar surface area (TPSA) is 106 Å². The van der Waals surface area contributed by atoms with E-state index in [-0.39, 0.29) is 29.2 Å². The molecule has 164 valence electrons. The molecule has 0 aromatic heterocycles. The van der Waals surface area contributed by atoms with Crippen molar-refractivity contribution in [2.45, 2.75) is 108 Å². The fourth-order valence-electron chi connectivity index (χ4n) is 4.95. The minimum atomic E-state index is -1.11. The summed E-state index contributed by atoms with van der Waals surface area (Å²) >= 11 is 0. The molecule has 3 heterocycles. The van der Waals surface area contributed by atoms with Gasteiger partial charge in [-0.25, -0.2) is 4.79 Å². The molecule has 0 saturated carbocycles. The summed E-state index contributed by atoms with van der Waals surface area (Å²) in [6, 6.07) is 0. The van der Waals surface area contributed by atoms with Gasteiger partial charge in [-0.3, -0.25) is 4.79 Å². The lowest BCUT2D eigenvalue weighted by molar-refractivity contribution is -0.184. The van der Waals surface area contributed by atoms with Crippen molar-refractivity contribution in [3.05, 3.63) is 12.2 Å². The van der Waals surface area contributed by atoms with Crippen molar-refractivity contribution in [1.82, 2.24) is 0 Å². The fourth-order valence-corrected chi connectivity index (χ4v) is 4.95. The Balaban J connectivity index is 1.87. The van der Waals surface area contributed by atoms with Crippen LogP contribution in [0.1, 0.15) is 72.6 Å². The summed E-state index contributed by atoms with van der Waals surface area (Å²) in [7, 11) is 0. The Labute approximate surface area is 172 Å². The largest absolute Gasteiger partial charge is 0.478 e. The number of hydrogen-bond acceptors (Lipinski definition) is 6. The summed E-state index contributed by atoms with van der Waals surface area (Å²) in [6.07, 6.45) is 3.16. The number of carbonyl (C=O) groups is 2. The first-order valence-electron chi connectivity index (χ1n) is 10.5. The van der Waals surface area contributed by atoms with Crippen LogP contribution in [0.25, 0.3) is 0 Å². The molecule has 2 N–H and O–H groups in total. The van der Waals surface area contributed by atoms with Crippen molar-refractivity contribution < 1.29 is 34.0 Å². The number of hydrogen-bond donors (Lipinski definition) is 2. The third-order valence-corrected chi connectivity index (χ3v) is 7.20. The number of carboxylic acids is 1. The molecule has 7 atom stereocenters. The number of carboxylic acid groups (broad SMARTS) is 1. The molecule has 0 aliphatic carbocycles. The Morgan fingerprint density at radius 3 is 2.24 bits per heavy atom. The molecule has 3 saturated heterocycles. The molecule has 7 nitrogen and oxygen atoms in total. The third-order valence-electron chi connectivity index (χ3n) is 7.20. The second-order valence-electron chi connectivity index (χ2n) is 9.67. The second-order valence-corrected chi connectivity index (χ2v) is 9.67. The van der Waals surface area contributed by atoms with Crippen LogP contribution >= 0.6 is 0 Å². The first kappa shape index (κ1) is 22.2. The van der Waals surface area contributed by atoms with Crippen molar-refractivity contribution in [2.75, 3.05) is 0 Å². The van der Waals surface area contributed by atoms with Crippen LogP contribution in [0.4, 0.5) is 0 Å². The molecule has 7 heteroatoms. The van der Waals surface area contributed by atoms with Gasteiger partial charge in [0.05, 0.1) is 23.4 Å². The molecule has 3 fully saturated rings. The minimum absolute atomic E-state index is 0.0711. The summed E-state index contributed by atoms with van der Waals surface area (Å²) in [5.41, 5.74) is -2.00. The van der Waals surface area contributed by atoms with Gasteiger partial charge in [-0.15, -0.1) is 0 Å². The number of ether oxygens (including phenoxy) is 3. The van der Waals surface area contributed by atoms with Crippen LogP contribution < -0.4 is 0 Å². The van der Waals surface area contributed by atoms with Crippen LogP contribution in [0.5, 0.6) is 0 Å². The maximum absolute atomic E-state index is 11.7. The molecule has 0 aromatic rings. The molecular weight excluding hydrogens is 376 g/mol. The molecule has 29 heavy (non-hydrogen) atoms. The van der Waals surface area contributed by atoms with E-state index in [0.29, 0.717) is 44.9 Å². The van der Waals surface area contributed by atoms with Crippen LogP contribution in [0.2, 0.25) is 0 Å². The Morgan fingerprint density at radius 2 is 1.62 bits per heavy atom. The van der Waals surface area contributed by atoms with Gasteiger partial charge >= 0.3 is 11.9 Å². The minimum Gasteiger partial charge on any atom is -0.478 e. The number of esters is 1. The zero-order valence-corrected chi connectivity index (χ0v) is 17.9. The summed E-state index contributed by atoms with van der Waals surface area (Å²) < 4.78 is 17.9. The monoisotopic (exact) mass is 410 g/mol. The Kier molecular flexibility index (Phi) is 5.89. The second kappa shape index (κ2) is 7.67. The van der Waals surface area contributed by atoms with E-state index in [2.05, 4.69) is 6.58 Å². The molecule has 3 aliphatic rings. The highest BCUT2D eigenvalue weighted by molar-refractivity contribution is 5.86. The van der Waals surface area contributed by atoms with Gasteiger partial charge in [0.15, 0.2) is 0 Å². The maximum Gasteiger partial charge on any atom is 0.331 e. The van der Waals surface area contributed by atoms with Gasteiger partial charge in [0, 0.05) is 12.5 Å². The third kappa shape index (κ3) is 4.67. The van der Waals surface area contributed by atoms with Crippen LogP contribution in [-0.4, -0.2) is 57.3 Å². The number of rotatable bonds is 3. The highest BCUT2D eigenvalue weighted by atomic mass is 16.6. The molecule has 2 bridgehead atoms. The van der Waals surface area contributed by atoms with E-state index in [1.165, 1.54) is 6.92 Å². The van der Waals surface area contributed by atoms with Gasteiger partial charge < -0.3 is 24.4 Å². The Morgan fingerprint density at radius 1 is 1.00 bits per heavy atom. The predicted molar refractivity (Wildman–Crippen MR) is 105 cm³/mol. The normalized spacial score (nSPS) is 45.1. The average Bonchev–Trinajstić information content (AvgIpc) is 3.05. The van der Waals surface area contributed by atoms with Crippen LogP contribution in [0.15, 0.2) is 12.2 Å². The SMILES string of the molecule is C=C(C(=O)O)C1CCC(C)(O)C2CCC(C)(O2)C(OC(C)=O)CCC2(C)OC2C1. The lowest BCUT2D eigenvalue weighted by Gasteiger charge is -2.37. The molecular formula is C22H34O7. The van der Waals surface area contributed by atoms with Gasteiger partial charge in [-0.05, 0) is 71.6 Å². The van der Waals surface area contributed by atoms with Gasteiger partial charge in [-0.2, -0.15) is 0 Å². The van der Waals surface area contributed by atoms with Gasteiger partial charge in [0.25, 0.3) is 0 Å². The lowest BCUT2D eigenvalue weighted by atomic mass is 9.81. The molecule has 0 spiro atoms. The fraction of sp³-hybridized carbons (Fsp3) is 0.818. The van der Waals surface area contributed by atoms with E-state index < -0.39 is 29.4 Å². The Bertz CT molecular complexity index is 687. The number of fused-ring (bicyclic) bond motifs is 3. The van der Waals surface area contributed by atoms with Crippen molar-refractivity contribution in [1.29, 1.82) is 0 Å². The van der Waals surface area contributed by atoms with Gasteiger partial charge in [0.2, 0.25) is 0 Å². The molecule has 0 radical (unpaired) electrons. The van der Waals surface area contributed by atoms with Crippen LogP contribution in [-0.2, 0) is 23.8 Å². The highest BCUT2D eigenvalue weighted by Gasteiger charge is 2.55. The van der Waals surface area contributed by atoms with E-state index >= 15 is 0 Å². The molecule has 7 unspecified atom stereocenters. The first-order valence-corrected chi connectivity index (χ1v) is 10.5. The smallest absolute Gasteiger partial charge is 0.331 e. The molecule has 3 rings (SSSR count). The van der Waals surface area contributed by atoms with Crippen molar-refractivity contribution >= 4 is 11.9 Å². The number of aliphatic carboxylic acids is 1. The summed E-state index contributed by atoms with van der Waals surface area (Å²) in [4.78, 5) is 23.2. The van der Waals surface area contributed by atoms with Crippen LogP contribution in [0.3, 0.4) is 0 Å². The zero-order valence-electron chi connectivity index (χ0n) is 17.9. The Hall–Kier alpha value is -1.44. The molecule has 3 aliphatic heterocycles. The van der Waals surface area contributed by atoms with E-state index in [4.69, 9.17) is 14.2 Å². The first-order chi connectivity index (χ1) is 13.4. The highest BCUT2D eigenvalue weighted by Crippen LogP contribution is 2.49. The van der Waals surface area contributed by atoms with Crippen molar-refractivity contribution in [3.63, 3.8) is 0 Å². The van der Waals surface area contributed by atoms with Gasteiger partial charge in [-0.1, -0.05) is 6.58 Å². The maximum atomic E-state index is 11.7. The summed E-state index contributed by atoms with van der Waals surface area (Å²) in [6.45, 7) is 10.9. The van der Waals surface area contributed by atoms with Crippen LogP contribution in [0, 0.1) is 5.92 Å². The van der Waals surface area contributed by atoms with Crippen molar-refractivity contribution in [3.8, 4) is 0 Å². The molecule has 0 amide bonds. The van der Waals surface area contributed by atoms with Crippen molar-refractivity contribution in [2.24, 2.45) is 5.92 Å². The van der Waals surface area contributed by atoms with Gasteiger partial charge in [0.1, 0.15) is 11.7 Å². The summed E-state index contributed by atoms with van der Waals surface area (Å²) in [5, 5.41) is 20.6. The lowest BCUT2D eigenvalue weighted by Crippen LogP contribution is -2.46. The van der Waals surface area contributed by atoms with E-state index in [1.54, 1.807) is 6.92 Å². The number of epoxide rings is 1. The van der Waals surface area contributed by atoms with E-state index in [9.17, 15) is 19.8 Å². The van der Waals surface area contributed by atoms with E-state index in [1.807, 2.05) is 13.8 Å². The molecule has 0 aromatic carbocycles. The number of carbonyl (C=O) groups excluding carboxylic acids is 1. The predicted octanol–water partition coefficient (Wildman–Crippen LogP) is 2.99. The standard InChI is InChI=1S/C22H34O7/c1-13(19(24)25)15-6-9-20(3,26)16-7-10-21(4,28-16)17(27-14(2)23)8-11-22(5)18(12-15)29-22/h15-18,26H,1,6-12H2,2-5H3,(H,24,25). The zero-order chi connectivity index (χ0) is 21.6. The van der Waals surface area contributed by atoms with E-state index in [0.717, 1.165) is 0 Å².